The van der Waals surface area contributed by atoms with Gasteiger partial charge in [0.05, 0.1) is 0 Å². The van der Waals surface area contributed by atoms with E-state index in [9.17, 15) is 0 Å². The Balaban J connectivity index is 1.63. The van der Waals surface area contributed by atoms with Crippen LogP contribution in [0.2, 0.25) is 0 Å². The van der Waals surface area contributed by atoms with Gasteiger partial charge in [0, 0.05) is 40.8 Å². The fourth-order valence-corrected chi connectivity index (χ4v) is 4.35. The maximum Gasteiger partial charge on any atom is 0.137 e. The van der Waals surface area contributed by atoms with E-state index in [0.717, 1.165) is 25.2 Å². The molecule has 0 bridgehead atoms. The maximum absolute atomic E-state index is 4.43. The standard InChI is InChI=1S/C22H24N4/c1-2-18-19-13-16(15-5-8-23-9-6-15)3-4-20(19)25-22(18)17-7-11-26-12-10-24-21(26)14-17/h3-4,7,10-15,23,25H,2,5-6,8-9H2,1H3. The van der Waals surface area contributed by atoms with Crippen LogP contribution in [0.5, 0.6) is 0 Å². The summed E-state index contributed by atoms with van der Waals surface area (Å²) >= 11 is 0. The first-order valence-corrected chi connectivity index (χ1v) is 9.62. The second-order valence-electron chi connectivity index (χ2n) is 7.27. The lowest BCUT2D eigenvalue weighted by Gasteiger charge is -2.23. The predicted molar refractivity (Wildman–Crippen MR) is 107 cm³/mol. The van der Waals surface area contributed by atoms with Crippen molar-refractivity contribution in [3.05, 3.63) is 60.0 Å². The van der Waals surface area contributed by atoms with Gasteiger partial charge in [-0.2, -0.15) is 0 Å². The number of nitrogens with zero attached hydrogens (tertiary/aromatic N) is 2. The molecule has 0 saturated carbocycles. The number of H-pyrrole nitrogens is 1. The van der Waals surface area contributed by atoms with Gasteiger partial charge in [0.2, 0.25) is 0 Å². The zero-order valence-corrected chi connectivity index (χ0v) is 15.1. The Hall–Kier alpha value is -2.59. The molecule has 1 aliphatic rings. The molecular formula is C22H24N4. The average Bonchev–Trinajstić information content (AvgIpc) is 3.31. The SMILES string of the molecule is CCc1c(-c2ccn3ccnc3c2)[nH]c2ccc(C3CCNCC3)cc12. The van der Waals surface area contributed by atoms with Crippen LogP contribution < -0.4 is 5.32 Å². The molecule has 132 valence electrons. The van der Waals surface area contributed by atoms with Crippen molar-refractivity contribution in [1.29, 1.82) is 0 Å². The molecule has 1 saturated heterocycles. The van der Waals surface area contributed by atoms with Gasteiger partial charge in [-0.15, -0.1) is 0 Å². The lowest BCUT2D eigenvalue weighted by Crippen LogP contribution is -2.26. The molecule has 1 aliphatic heterocycles. The number of aromatic amines is 1. The Labute approximate surface area is 153 Å². The molecule has 3 aromatic heterocycles. The van der Waals surface area contributed by atoms with E-state index in [0.29, 0.717) is 5.92 Å². The number of rotatable bonds is 3. The fourth-order valence-electron chi connectivity index (χ4n) is 4.35. The first-order chi connectivity index (χ1) is 12.8. The van der Waals surface area contributed by atoms with E-state index < -0.39 is 0 Å². The van der Waals surface area contributed by atoms with E-state index in [1.165, 1.54) is 46.1 Å². The van der Waals surface area contributed by atoms with Gasteiger partial charge in [-0.3, -0.25) is 0 Å². The first kappa shape index (κ1) is 15.6. The molecule has 0 unspecified atom stereocenters. The van der Waals surface area contributed by atoms with Gasteiger partial charge in [-0.1, -0.05) is 13.0 Å². The number of hydrogen-bond donors (Lipinski definition) is 2. The smallest absolute Gasteiger partial charge is 0.137 e. The second-order valence-corrected chi connectivity index (χ2v) is 7.27. The lowest BCUT2D eigenvalue weighted by atomic mass is 9.89. The van der Waals surface area contributed by atoms with Gasteiger partial charge in [0.1, 0.15) is 5.65 Å². The van der Waals surface area contributed by atoms with E-state index in [4.69, 9.17) is 0 Å². The Morgan fingerprint density at radius 2 is 2.00 bits per heavy atom. The molecule has 2 N–H and O–H groups in total. The second kappa shape index (κ2) is 6.29. The van der Waals surface area contributed by atoms with Gasteiger partial charge >= 0.3 is 0 Å². The quantitative estimate of drug-likeness (QED) is 0.574. The summed E-state index contributed by atoms with van der Waals surface area (Å²) < 4.78 is 2.05. The summed E-state index contributed by atoms with van der Waals surface area (Å²) in [5, 5.41) is 4.84. The minimum absolute atomic E-state index is 0.685. The molecule has 0 radical (unpaired) electrons. The number of fused-ring (bicyclic) bond motifs is 2. The van der Waals surface area contributed by atoms with Crippen molar-refractivity contribution in [2.75, 3.05) is 13.1 Å². The van der Waals surface area contributed by atoms with Crippen LogP contribution in [0.25, 0.3) is 27.8 Å². The minimum Gasteiger partial charge on any atom is -0.354 e. The van der Waals surface area contributed by atoms with Crippen LogP contribution in [0.15, 0.2) is 48.9 Å². The molecule has 0 spiro atoms. The summed E-state index contributed by atoms with van der Waals surface area (Å²) in [6.45, 7) is 4.51. The first-order valence-electron chi connectivity index (χ1n) is 9.62. The third kappa shape index (κ3) is 2.53. The minimum atomic E-state index is 0.685. The topological polar surface area (TPSA) is 45.1 Å². The van der Waals surface area contributed by atoms with Gasteiger partial charge in [-0.25, -0.2) is 4.98 Å². The number of nitrogens with one attached hydrogen (secondary N) is 2. The Morgan fingerprint density at radius 1 is 1.12 bits per heavy atom. The third-order valence-corrected chi connectivity index (χ3v) is 5.78. The Morgan fingerprint density at radius 3 is 2.85 bits per heavy atom. The number of piperidine rings is 1. The van der Waals surface area contributed by atoms with Crippen LogP contribution in [-0.4, -0.2) is 27.5 Å². The Bertz CT molecular complexity index is 1070. The highest BCUT2D eigenvalue weighted by Crippen LogP contribution is 2.34. The summed E-state index contributed by atoms with van der Waals surface area (Å²) in [4.78, 5) is 8.10. The summed E-state index contributed by atoms with van der Waals surface area (Å²) in [6, 6.07) is 11.3. The highest BCUT2D eigenvalue weighted by molar-refractivity contribution is 5.91. The molecule has 0 amide bonds. The normalized spacial score (nSPS) is 15.9. The summed E-state index contributed by atoms with van der Waals surface area (Å²) in [5.41, 5.74) is 7.56. The fraction of sp³-hybridized carbons (Fsp3) is 0.318. The number of aryl methyl sites for hydroxylation is 1. The molecule has 1 fully saturated rings. The van der Waals surface area contributed by atoms with Crippen LogP contribution in [0.4, 0.5) is 0 Å². The molecule has 4 nitrogen and oxygen atoms in total. The van der Waals surface area contributed by atoms with Crippen LogP contribution in [-0.2, 0) is 6.42 Å². The van der Waals surface area contributed by atoms with Gasteiger partial charge in [0.25, 0.3) is 0 Å². The summed E-state index contributed by atoms with van der Waals surface area (Å²) in [7, 11) is 0. The van der Waals surface area contributed by atoms with E-state index >= 15 is 0 Å². The molecule has 4 heterocycles. The van der Waals surface area contributed by atoms with E-state index in [1.807, 2.05) is 16.8 Å². The average molecular weight is 344 g/mol. The monoisotopic (exact) mass is 344 g/mol. The molecule has 0 aliphatic carbocycles. The van der Waals surface area contributed by atoms with Gasteiger partial charge in [-0.05, 0) is 73.7 Å². The van der Waals surface area contributed by atoms with Crippen LogP contribution in [0.1, 0.15) is 36.8 Å². The Kier molecular flexibility index (Phi) is 3.79. The molecule has 1 aromatic carbocycles. The lowest BCUT2D eigenvalue weighted by molar-refractivity contribution is 0.460. The number of pyridine rings is 1. The molecule has 5 rings (SSSR count). The number of benzene rings is 1. The highest BCUT2D eigenvalue weighted by Gasteiger charge is 2.18. The van der Waals surface area contributed by atoms with Crippen molar-refractivity contribution in [2.24, 2.45) is 0 Å². The predicted octanol–water partition coefficient (Wildman–Crippen LogP) is 4.51. The summed E-state index contributed by atoms with van der Waals surface area (Å²) in [6.07, 6.45) is 9.40. The van der Waals surface area contributed by atoms with Crippen LogP contribution >= 0.6 is 0 Å². The van der Waals surface area contributed by atoms with Gasteiger partial charge < -0.3 is 14.7 Å². The number of imidazole rings is 1. The van der Waals surface area contributed by atoms with E-state index in [1.54, 1.807) is 0 Å². The molecular weight excluding hydrogens is 320 g/mol. The zero-order valence-electron chi connectivity index (χ0n) is 15.1. The van der Waals surface area contributed by atoms with E-state index in [-0.39, 0.29) is 0 Å². The molecule has 0 atom stereocenters. The molecule has 4 heteroatoms. The van der Waals surface area contributed by atoms with E-state index in [2.05, 4.69) is 58.7 Å². The number of aromatic nitrogens is 3. The molecule has 26 heavy (non-hydrogen) atoms. The maximum atomic E-state index is 4.43. The number of hydrogen-bond acceptors (Lipinski definition) is 2. The van der Waals surface area contributed by atoms with Crippen molar-refractivity contribution < 1.29 is 0 Å². The van der Waals surface area contributed by atoms with Crippen molar-refractivity contribution in [3.8, 4) is 11.3 Å². The van der Waals surface area contributed by atoms with Crippen LogP contribution in [0, 0.1) is 0 Å². The van der Waals surface area contributed by atoms with Crippen LogP contribution in [0.3, 0.4) is 0 Å². The third-order valence-electron chi connectivity index (χ3n) is 5.78. The molecule has 4 aromatic rings. The highest BCUT2D eigenvalue weighted by atomic mass is 15.0. The summed E-state index contributed by atoms with van der Waals surface area (Å²) in [5.74, 6) is 0.685. The van der Waals surface area contributed by atoms with Gasteiger partial charge in [0.15, 0.2) is 0 Å². The zero-order chi connectivity index (χ0) is 17.5. The largest absolute Gasteiger partial charge is 0.354 e. The van der Waals surface area contributed by atoms with Crippen molar-refractivity contribution in [2.45, 2.75) is 32.1 Å². The van der Waals surface area contributed by atoms with Crippen molar-refractivity contribution >= 4 is 16.6 Å². The van der Waals surface area contributed by atoms with Crippen molar-refractivity contribution in [3.63, 3.8) is 0 Å². The van der Waals surface area contributed by atoms with Crippen molar-refractivity contribution in [1.82, 2.24) is 19.7 Å².